The number of ether oxygens (including phenoxy) is 2. The number of anilines is 1. The largest absolute Gasteiger partial charge is 0.493 e. The molecule has 114 valence electrons. The van der Waals surface area contributed by atoms with Crippen LogP contribution in [0.25, 0.3) is 0 Å². The van der Waals surface area contributed by atoms with E-state index in [4.69, 9.17) is 9.47 Å². The lowest BCUT2D eigenvalue weighted by Gasteiger charge is -2.27. The molecule has 0 spiro atoms. The van der Waals surface area contributed by atoms with Gasteiger partial charge in [0, 0.05) is 28.6 Å². The molecule has 0 radical (unpaired) electrons. The Morgan fingerprint density at radius 1 is 1.09 bits per heavy atom. The Labute approximate surface area is 137 Å². The second-order valence-electron chi connectivity index (χ2n) is 5.12. The van der Waals surface area contributed by atoms with Crippen LogP contribution in [0.1, 0.15) is 23.5 Å². The van der Waals surface area contributed by atoms with Crippen molar-refractivity contribution in [3.63, 3.8) is 0 Å². The van der Waals surface area contributed by atoms with Crippen molar-refractivity contribution in [2.24, 2.45) is 0 Å². The fraction of sp³-hybridized carbons (Fsp3) is 0.235. The van der Waals surface area contributed by atoms with Gasteiger partial charge in [-0.25, -0.2) is 0 Å². The van der Waals surface area contributed by atoms with Crippen molar-refractivity contribution in [1.29, 1.82) is 0 Å². The van der Waals surface area contributed by atoms with Crippen molar-refractivity contribution in [3.8, 4) is 11.5 Å². The first kappa shape index (κ1) is 14.9. The first-order valence-electron chi connectivity index (χ1n) is 6.94. The minimum atomic E-state index is -0.0147. The van der Waals surface area contributed by atoms with Crippen molar-refractivity contribution in [3.05, 3.63) is 52.0 Å². The van der Waals surface area contributed by atoms with Crippen LogP contribution in [0, 0.1) is 0 Å². The lowest BCUT2D eigenvalue weighted by atomic mass is 9.84. The summed E-state index contributed by atoms with van der Waals surface area (Å²) >= 11 is 3.58. The summed E-state index contributed by atoms with van der Waals surface area (Å²) in [6.45, 7) is 0. The average Bonchev–Trinajstić information content (AvgIpc) is 2.53. The van der Waals surface area contributed by atoms with Gasteiger partial charge >= 0.3 is 0 Å². The smallest absolute Gasteiger partial charge is 0.225 e. The molecule has 2 aromatic carbocycles. The summed E-state index contributed by atoms with van der Waals surface area (Å²) < 4.78 is 11.7. The van der Waals surface area contributed by atoms with Crippen molar-refractivity contribution < 1.29 is 14.3 Å². The molecule has 1 heterocycles. The monoisotopic (exact) mass is 361 g/mol. The zero-order valence-electron chi connectivity index (χ0n) is 12.4. The van der Waals surface area contributed by atoms with Gasteiger partial charge in [0.05, 0.1) is 14.2 Å². The second-order valence-corrected chi connectivity index (χ2v) is 5.98. The number of carbonyl (C=O) groups is 1. The van der Waals surface area contributed by atoms with E-state index in [2.05, 4.69) is 21.2 Å². The molecular weight excluding hydrogens is 346 g/mol. The van der Waals surface area contributed by atoms with Gasteiger partial charge in [-0.2, -0.15) is 0 Å². The van der Waals surface area contributed by atoms with Crippen molar-refractivity contribution in [2.75, 3.05) is 19.5 Å². The van der Waals surface area contributed by atoms with E-state index >= 15 is 0 Å². The second kappa shape index (κ2) is 6.01. The molecule has 0 aliphatic carbocycles. The van der Waals surface area contributed by atoms with Gasteiger partial charge in [0.2, 0.25) is 5.91 Å². The third-order valence-corrected chi connectivity index (χ3v) is 4.60. The standard InChI is InChI=1S/C17H16BrNO3/c1-21-15-7-12-11(10-5-3-4-6-13(10)18)8-17(20)19-14(12)9-16(15)22-2/h3-7,9,11H,8H2,1-2H3,(H,19,20). The van der Waals surface area contributed by atoms with Gasteiger partial charge in [-0.05, 0) is 23.3 Å². The fourth-order valence-electron chi connectivity index (χ4n) is 2.82. The minimum absolute atomic E-state index is 0.000438. The predicted octanol–water partition coefficient (Wildman–Crippen LogP) is 3.94. The zero-order valence-corrected chi connectivity index (χ0v) is 13.9. The van der Waals surface area contributed by atoms with Crippen LogP contribution in [0.5, 0.6) is 11.5 Å². The lowest BCUT2D eigenvalue weighted by Crippen LogP contribution is -2.23. The number of benzene rings is 2. The predicted molar refractivity (Wildman–Crippen MR) is 88.8 cm³/mol. The Hall–Kier alpha value is -2.01. The van der Waals surface area contributed by atoms with Crippen LogP contribution in [-0.2, 0) is 4.79 Å². The Bertz CT molecular complexity index is 730. The van der Waals surface area contributed by atoms with E-state index in [1.54, 1.807) is 14.2 Å². The summed E-state index contributed by atoms with van der Waals surface area (Å²) in [6, 6.07) is 11.7. The average molecular weight is 362 g/mol. The number of halogens is 1. The molecule has 3 rings (SSSR count). The van der Waals surface area contributed by atoms with Crippen LogP contribution in [0.4, 0.5) is 5.69 Å². The number of amides is 1. The summed E-state index contributed by atoms with van der Waals surface area (Å²) in [4.78, 5) is 12.1. The number of hydrogen-bond acceptors (Lipinski definition) is 3. The van der Waals surface area contributed by atoms with E-state index in [1.807, 2.05) is 36.4 Å². The molecule has 0 aromatic heterocycles. The fourth-order valence-corrected chi connectivity index (χ4v) is 3.38. The summed E-state index contributed by atoms with van der Waals surface area (Å²) in [5.74, 6) is 1.25. The molecule has 22 heavy (non-hydrogen) atoms. The summed E-state index contributed by atoms with van der Waals surface area (Å²) in [5.41, 5.74) is 2.89. The number of fused-ring (bicyclic) bond motifs is 1. The van der Waals surface area contributed by atoms with Crippen LogP contribution in [0.15, 0.2) is 40.9 Å². The number of rotatable bonds is 3. The molecule has 1 aliphatic rings. The molecule has 0 saturated carbocycles. The highest BCUT2D eigenvalue weighted by Crippen LogP contribution is 2.44. The number of nitrogens with one attached hydrogen (secondary N) is 1. The normalized spacial score (nSPS) is 16.7. The third-order valence-electron chi connectivity index (χ3n) is 3.88. The van der Waals surface area contributed by atoms with Crippen molar-refractivity contribution in [1.82, 2.24) is 0 Å². The molecule has 0 saturated heterocycles. The molecule has 2 aromatic rings. The van der Waals surface area contributed by atoms with Gasteiger partial charge in [-0.1, -0.05) is 34.1 Å². The van der Waals surface area contributed by atoms with E-state index in [0.29, 0.717) is 17.9 Å². The SMILES string of the molecule is COc1cc2c(cc1OC)C(c1ccccc1Br)CC(=O)N2. The van der Waals surface area contributed by atoms with Crippen molar-refractivity contribution >= 4 is 27.5 Å². The van der Waals surface area contributed by atoms with Crippen LogP contribution in [0.3, 0.4) is 0 Å². The van der Waals surface area contributed by atoms with Crippen LogP contribution < -0.4 is 14.8 Å². The van der Waals surface area contributed by atoms with E-state index in [1.165, 1.54) is 0 Å². The first-order chi connectivity index (χ1) is 10.6. The van der Waals surface area contributed by atoms with Crippen LogP contribution >= 0.6 is 15.9 Å². The topological polar surface area (TPSA) is 47.6 Å². The van der Waals surface area contributed by atoms with E-state index in [9.17, 15) is 4.79 Å². The van der Waals surface area contributed by atoms with Gasteiger partial charge < -0.3 is 14.8 Å². The molecule has 1 atom stereocenters. The number of hydrogen-bond donors (Lipinski definition) is 1. The lowest BCUT2D eigenvalue weighted by molar-refractivity contribution is -0.116. The molecule has 1 aliphatic heterocycles. The molecule has 1 N–H and O–H groups in total. The van der Waals surface area contributed by atoms with Crippen LogP contribution in [0.2, 0.25) is 0 Å². The molecule has 4 nitrogen and oxygen atoms in total. The maximum Gasteiger partial charge on any atom is 0.225 e. The number of methoxy groups -OCH3 is 2. The quantitative estimate of drug-likeness (QED) is 0.900. The highest BCUT2D eigenvalue weighted by atomic mass is 79.9. The van der Waals surface area contributed by atoms with E-state index < -0.39 is 0 Å². The summed E-state index contributed by atoms with van der Waals surface area (Å²) in [5, 5.41) is 2.92. The molecular formula is C17H16BrNO3. The van der Waals surface area contributed by atoms with Gasteiger partial charge in [0.15, 0.2) is 11.5 Å². The number of carbonyl (C=O) groups excluding carboxylic acids is 1. The Morgan fingerprint density at radius 3 is 2.45 bits per heavy atom. The Morgan fingerprint density at radius 2 is 1.77 bits per heavy atom. The van der Waals surface area contributed by atoms with Gasteiger partial charge in [-0.15, -0.1) is 0 Å². The third kappa shape index (κ3) is 2.57. The van der Waals surface area contributed by atoms with E-state index in [0.717, 1.165) is 21.3 Å². The highest BCUT2D eigenvalue weighted by Gasteiger charge is 2.29. The zero-order chi connectivity index (χ0) is 15.7. The Balaban J connectivity index is 2.16. The van der Waals surface area contributed by atoms with Gasteiger partial charge in [0.1, 0.15) is 0 Å². The summed E-state index contributed by atoms with van der Waals surface area (Å²) in [7, 11) is 3.19. The molecule has 0 fully saturated rings. The molecule has 1 amide bonds. The maximum absolute atomic E-state index is 12.1. The molecule has 1 unspecified atom stereocenters. The minimum Gasteiger partial charge on any atom is -0.493 e. The summed E-state index contributed by atoms with van der Waals surface area (Å²) in [6.07, 6.45) is 0.408. The molecule has 5 heteroatoms. The van der Waals surface area contributed by atoms with Gasteiger partial charge in [0.25, 0.3) is 0 Å². The maximum atomic E-state index is 12.1. The first-order valence-corrected chi connectivity index (χ1v) is 7.73. The van der Waals surface area contributed by atoms with E-state index in [-0.39, 0.29) is 11.8 Å². The van der Waals surface area contributed by atoms with Crippen molar-refractivity contribution in [2.45, 2.75) is 12.3 Å². The molecule has 0 bridgehead atoms. The van der Waals surface area contributed by atoms with Gasteiger partial charge in [-0.3, -0.25) is 4.79 Å². The highest BCUT2D eigenvalue weighted by molar-refractivity contribution is 9.10. The van der Waals surface area contributed by atoms with Crippen LogP contribution in [-0.4, -0.2) is 20.1 Å². The Kier molecular flexibility index (Phi) is 4.07.